The molecule has 23 heavy (non-hydrogen) atoms. The number of aliphatic hydroxyl groups is 1. The summed E-state index contributed by atoms with van der Waals surface area (Å²) in [4.78, 5) is 12.5. The van der Waals surface area contributed by atoms with Crippen molar-refractivity contribution in [3.05, 3.63) is 46.7 Å². The zero-order chi connectivity index (χ0) is 16.6. The van der Waals surface area contributed by atoms with Gasteiger partial charge in [0.2, 0.25) is 0 Å². The quantitative estimate of drug-likeness (QED) is 0.797. The Morgan fingerprint density at radius 1 is 1.48 bits per heavy atom. The number of carbonyl (C=O) groups excluding carboxylic acids is 1. The molecule has 1 fully saturated rings. The van der Waals surface area contributed by atoms with Gasteiger partial charge in [-0.25, -0.2) is 0 Å². The van der Waals surface area contributed by atoms with Gasteiger partial charge in [-0.3, -0.25) is 9.48 Å². The minimum atomic E-state index is -0.403. The van der Waals surface area contributed by atoms with Gasteiger partial charge in [-0.1, -0.05) is 11.6 Å². The summed E-state index contributed by atoms with van der Waals surface area (Å²) in [6, 6.07) is 4.08. The van der Waals surface area contributed by atoms with Gasteiger partial charge < -0.3 is 15.5 Å². The van der Waals surface area contributed by atoms with Crippen LogP contribution >= 0.6 is 11.6 Å². The van der Waals surface area contributed by atoms with E-state index in [9.17, 15) is 15.0 Å². The Morgan fingerprint density at radius 3 is 2.83 bits per heavy atom. The number of amides is 1. The van der Waals surface area contributed by atoms with Gasteiger partial charge in [-0.2, -0.15) is 5.10 Å². The van der Waals surface area contributed by atoms with Gasteiger partial charge in [0, 0.05) is 23.8 Å². The summed E-state index contributed by atoms with van der Waals surface area (Å²) in [6.45, 7) is 0. The third-order valence-electron chi connectivity index (χ3n) is 4.19. The van der Waals surface area contributed by atoms with Crippen LogP contribution in [0.3, 0.4) is 0 Å². The SMILES string of the molecule is Cn1cc([C@H](NC(=O)c2cc(Cl)ccc2O)C2CC(O)C2)cn1. The molecule has 1 aromatic heterocycles. The van der Waals surface area contributed by atoms with Gasteiger partial charge >= 0.3 is 0 Å². The smallest absolute Gasteiger partial charge is 0.255 e. The summed E-state index contributed by atoms with van der Waals surface area (Å²) >= 11 is 5.90. The van der Waals surface area contributed by atoms with Crippen LogP contribution in [-0.4, -0.2) is 32.0 Å². The van der Waals surface area contributed by atoms with Crippen molar-refractivity contribution in [2.45, 2.75) is 25.0 Å². The number of phenolic OH excluding ortho intramolecular Hbond substituents is 1. The van der Waals surface area contributed by atoms with Crippen molar-refractivity contribution in [3.63, 3.8) is 0 Å². The van der Waals surface area contributed by atoms with Crippen molar-refractivity contribution < 1.29 is 15.0 Å². The number of aliphatic hydroxyl groups excluding tert-OH is 1. The maximum Gasteiger partial charge on any atom is 0.255 e. The van der Waals surface area contributed by atoms with Crippen molar-refractivity contribution >= 4 is 17.5 Å². The van der Waals surface area contributed by atoms with E-state index in [-0.39, 0.29) is 29.4 Å². The molecule has 2 aromatic rings. The van der Waals surface area contributed by atoms with E-state index in [0.717, 1.165) is 5.56 Å². The molecule has 0 bridgehead atoms. The molecule has 1 atom stereocenters. The van der Waals surface area contributed by atoms with Crippen LogP contribution < -0.4 is 5.32 Å². The number of aryl methyl sites for hydroxylation is 1. The average Bonchev–Trinajstić information content (AvgIpc) is 2.90. The van der Waals surface area contributed by atoms with Gasteiger partial charge in [0.1, 0.15) is 5.75 Å². The number of phenols is 1. The van der Waals surface area contributed by atoms with E-state index in [1.54, 1.807) is 17.9 Å². The summed E-state index contributed by atoms with van der Waals surface area (Å²) in [5.41, 5.74) is 1.01. The van der Waals surface area contributed by atoms with E-state index in [1.807, 2.05) is 6.20 Å². The first-order chi connectivity index (χ1) is 10.9. The lowest BCUT2D eigenvalue weighted by Gasteiger charge is -2.37. The number of nitrogens with one attached hydrogen (secondary N) is 1. The molecule has 3 N–H and O–H groups in total. The Morgan fingerprint density at radius 2 is 2.22 bits per heavy atom. The van der Waals surface area contributed by atoms with E-state index in [4.69, 9.17) is 11.6 Å². The molecule has 1 saturated carbocycles. The summed E-state index contributed by atoms with van der Waals surface area (Å²) in [7, 11) is 1.81. The fourth-order valence-electron chi connectivity index (χ4n) is 2.89. The summed E-state index contributed by atoms with van der Waals surface area (Å²) < 4.78 is 1.67. The lowest BCUT2D eigenvalue weighted by molar-refractivity contribution is 0.0235. The van der Waals surface area contributed by atoms with Gasteiger partial charge in [0.25, 0.3) is 5.91 Å². The molecule has 0 spiro atoms. The highest BCUT2D eigenvalue weighted by Crippen LogP contribution is 2.38. The highest BCUT2D eigenvalue weighted by atomic mass is 35.5. The lowest BCUT2D eigenvalue weighted by atomic mass is 9.75. The molecule has 0 aliphatic heterocycles. The third kappa shape index (κ3) is 3.33. The van der Waals surface area contributed by atoms with Crippen LogP contribution in [0, 0.1) is 5.92 Å². The van der Waals surface area contributed by atoms with Crippen molar-refractivity contribution in [1.29, 1.82) is 0 Å². The molecule has 1 amide bonds. The van der Waals surface area contributed by atoms with E-state index >= 15 is 0 Å². The van der Waals surface area contributed by atoms with Crippen LogP contribution in [0.2, 0.25) is 5.02 Å². The fraction of sp³-hybridized carbons (Fsp3) is 0.375. The van der Waals surface area contributed by atoms with Crippen LogP contribution in [0.4, 0.5) is 0 Å². The molecule has 1 aromatic carbocycles. The van der Waals surface area contributed by atoms with Gasteiger partial charge in [0.05, 0.1) is 23.9 Å². The fourth-order valence-corrected chi connectivity index (χ4v) is 3.06. The van der Waals surface area contributed by atoms with Crippen molar-refractivity contribution in [2.24, 2.45) is 13.0 Å². The summed E-state index contributed by atoms with van der Waals surface area (Å²) in [5.74, 6) is -0.384. The maximum atomic E-state index is 12.5. The van der Waals surface area contributed by atoms with Gasteiger partial charge in [-0.05, 0) is 37.0 Å². The predicted octanol–water partition coefficient (Wildman–Crippen LogP) is 2.02. The molecule has 1 aliphatic rings. The molecule has 3 rings (SSSR count). The highest BCUT2D eigenvalue weighted by molar-refractivity contribution is 6.31. The number of halogens is 1. The monoisotopic (exact) mass is 335 g/mol. The van der Waals surface area contributed by atoms with E-state index in [0.29, 0.717) is 17.9 Å². The first-order valence-electron chi connectivity index (χ1n) is 7.40. The predicted molar refractivity (Wildman–Crippen MR) is 85.3 cm³/mol. The second-order valence-corrected chi connectivity index (χ2v) is 6.38. The van der Waals surface area contributed by atoms with Crippen LogP contribution in [-0.2, 0) is 7.05 Å². The molecular formula is C16H18ClN3O3. The van der Waals surface area contributed by atoms with Crippen molar-refractivity contribution in [1.82, 2.24) is 15.1 Å². The molecule has 7 heteroatoms. The molecule has 122 valence electrons. The van der Waals surface area contributed by atoms with Crippen LogP contribution in [0.1, 0.15) is 34.8 Å². The number of rotatable bonds is 4. The van der Waals surface area contributed by atoms with Crippen molar-refractivity contribution in [2.75, 3.05) is 0 Å². The minimum Gasteiger partial charge on any atom is -0.507 e. The van der Waals surface area contributed by atoms with Gasteiger partial charge in [-0.15, -0.1) is 0 Å². The molecule has 6 nitrogen and oxygen atoms in total. The van der Waals surface area contributed by atoms with E-state index in [1.165, 1.54) is 18.2 Å². The Labute approximate surface area is 138 Å². The number of hydrogen-bond acceptors (Lipinski definition) is 4. The van der Waals surface area contributed by atoms with E-state index < -0.39 is 5.91 Å². The third-order valence-corrected chi connectivity index (χ3v) is 4.43. The first kappa shape index (κ1) is 15.8. The number of aromatic nitrogens is 2. The second-order valence-electron chi connectivity index (χ2n) is 5.95. The Hall–Kier alpha value is -2.05. The van der Waals surface area contributed by atoms with Crippen molar-refractivity contribution in [3.8, 4) is 5.75 Å². The summed E-state index contributed by atoms with van der Waals surface area (Å²) in [6.07, 6.45) is 4.47. The summed E-state index contributed by atoms with van der Waals surface area (Å²) in [5, 5.41) is 26.9. The van der Waals surface area contributed by atoms with Crippen LogP contribution in [0.15, 0.2) is 30.6 Å². The molecule has 0 saturated heterocycles. The molecule has 1 aliphatic carbocycles. The number of benzene rings is 1. The standard InChI is InChI=1S/C16H18ClN3O3/c1-20-8-10(7-18-20)15(9-4-12(21)5-9)19-16(23)13-6-11(17)2-3-14(13)22/h2-3,6-9,12,15,21-22H,4-5H2,1H3,(H,19,23)/t9?,12?,15-/m1/s1. The largest absolute Gasteiger partial charge is 0.507 e. The zero-order valence-corrected chi connectivity index (χ0v) is 13.4. The first-order valence-corrected chi connectivity index (χ1v) is 7.78. The lowest BCUT2D eigenvalue weighted by Crippen LogP contribution is -2.41. The van der Waals surface area contributed by atoms with Gasteiger partial charge in [0.15, 0.2) is 0 Å². The number of aromatic hydroxyl groups is 1. The highest BCUT2D eigenvalue weighted by Gasteiger charge is 2.36. The molecule has 0 radical (unpaired) electrons. The maximum absolute atomic E-state index is 12.5. The zero-order valence-electron chi connectivity index (χ0n) is 12.6. The average molecular weight is 336 g/mol. The molecule has 1 heterocycles. The Kier molecular flexibility index (Phi) is 4.28. The Balaban J connectivity index is 1.83. The number of hydrogen-bond donors (Lipinski definition) is 3. The topological polar surface area (TPSA) is 87.4 Å². The molecular weight excluding hydrogens is 318 g/mol. The normalized spacial score (nSPS) is 21.5. The van der Waals surface area contributed by atoms with Crippen LogP contribution in [0.25, 0.3) is 0 Å². The Bertz CT molecular complexity index is 725. The van der Waals surface area contributed by atoms with Crippen LogP contribution in [0.5, 0.6) is 5.75 Å². The number of nitrogens with zero attached hydrogens (tertiary/aromatic N) is 2. The molecule has 0 unspecified atom stereocenters. The number of carbonyl (C=O) groups is 1. The minimum absolute atomic E-state index is 0.120. The second kappa shape index (κ2) is 6.22. The van der Waals surface area contributed by atoms with E-state index in [2.05, 4.69) is 10.4 Å².